The molecule has 0 aliphatic rings. The third kappa shape index (κ3) is 5.10. The van der Waals surface area contributed by atoms with Crippen molar-refractivity contribution >= 4 is 44.3 Å². The van der Waals surface area contributed by atoms with Gasteiger partial charge in [0.15, 0.2) is 0 Å². The van der Waals surface area contributed by atoms with Crippen molar-refractivity contribution < 1.29 is 8.78 Å². The van der Waals surface area contributed by atoms with Gasteiger partial charge in [-0.3, -0.25) is 9.98 Å². The Labute approximate surface area is 144 Å². The van der Waals surface area contributed by atoms with Crippen LogP contribution in [0.5, 0.6) is 0 Å². The van der Waals surface area contributed by atoms with Gasteiger partial charge in [0.1, 0.15) is 11.6 Å². The Morgan fingerprint density at radius 3 is 1.55 bits per heavy atom. The minimum absolute atomic E-state index is 0.335. The highest BCUT2D eigenvalue weighted by Gasteiger charge is 2.00. The van der Waals surface area contributed by atoms with Gasteiger partial charge in [0.05, 0.1) is 13.1 Å². The van der Waals surface area contributed by atoms with Crippen LogP contribution in [-0.2, 0) is 0 Å². The van der Waals surface area contributed by atoms with Crippen LogP contribution in [0.2, 0.25) is 0 Å². The van der Waals surface area contributed by atoms with E-state index in [9.17, 15) is 8.78 Å². The number of nitrogens with zero attached hydrogens (tertiary/aromatic N) is 2. The summed E-state index contributed by atoms with van der Waals surface area (Å²) in [7, 11) is 0. The lowest BCUT2D eigenvalue weighted by molar-refractivity contribution is 0.624. The second-order valence-electron chi connectivity index (χ2n) is 4.40. The monoisotopic (exact) mass is 428 g/mol. The number of benzene rings is 2. The fourth-order valence-electron chi connectivity index (χ4n) is 1.65. The topological polar surface area (TPSA) is 24.7 Å². The van der Waals surface area contributed by atoms with Crippen LogP contribution in [0.15, 0.2) is 55.3 Å². The first-order valence-corrected chi connectivity index (χ1v) is 8.04. The number of rotatable bonds is 5. The molecule has 0 saturated carbocycles. The molecule has 0 radical (unpaired) electrons. The van der Waals surface area contributed by atoms with E-state index in [4.69, 9.17) is 0 Å². The molecule has 2 aromatic carbocycles. The maximum atomic E-state index is 13.5. The molecule has 2 nitrogen and oxygen atoms in total. The molecule has 0 N–H and O–H groups in total. The van der Waals surface area contributed by atoms with Gasteiger partial charge in [-0.15, -0.1) is 0 Å². The fraction of sp³-hybridized carbons (Fsp3) is 0.125. The van der Waals surface area contributed by atoms with Gasteiger partial charge in [-0.25, -0.2) is 8.78 Å². The molecule has 0 aliphatic carbocycles. The van der Waals surface area contributed by atoms with Gasteiger partial charge in [0, 0.05) is 32.5 Å². The van der Waals surface area contributed by atoms with Crippen LogP contribution in [0.1, 0.15) is 11.1 Å². The molecule has 0 aliphatic heterocycles. The van der Waals surface area contributed by atoms with Gasteiger partial charge in [0.25, 0.3) is 0 Å². The highest BCUT2D eigenvalue weighted by molar-refractivity contribution is 9.10. The number of hydrogen-bond donors (Lipinski definition) is 0. The number of halogens is 4. The third-order valence-corrected chi connectivity index (χ3v) is 3.73. The van der Waals surface area contributed by atoms with Crippen LogP contribution in [0.3, 0.4) is 0 Å². The van der Waals surface area contributed by atoms with Crippen molar-refractivity contribution in [3.05, 3.63) is 68.1 Å². The first-order valence-electron chi connectivity index (χ1n) is 6.46. The molecule has 0 atom stereocenters. The van der Waals surface area contributed by atoms with Crippen molar-refractivity contribution in [2.24, 2.45) is 9.98 Å². The zero-order valence-corrected chi connectivity index (χ0v) is 14.6. The summed E-state index contributed by atoms with van der Waals surface area (Å²) in [4.78, 5) is 8.21. The Bertz CT molecular complexity index is 654. The summed E-state index contributed by atoms with van der Waals surface area (Å²) in [5, 5.41) is 0. The third-order valence-electron chi connectivity index (χ3n) is 2.74. The normalized spacial score (nSPS) is 11.6. The van der Waals surface area contributed by atoms with Crippen molar-refractivity contribution in [2.45, 2.75) is 0 Å². The van der Waals surface area contributed by atoms with Gasteiger partial charge in [-0.1, -0.05) is 31.9 Å². The Kier molecular flexibility index (Phi) is 6.39. The van der Waals surface area contributed by atoms with Crippen molar-refractivity contribution in [1.82, 2.24) is 0 Å². The predicted octanol–water partition coefficient (Wildman–Crippen LogP) is 5.03. The van der Waals surface area contributed by atoms with Gasteiger partial charge >= 0.3 is 0 Å². The van der Waals surface area contributed by atoms with E-state index in [1.165, 1.54) is 24.6 Å². The first kappa shape index (κ1) is 17.0. The van der Waals surface area contributed by atoms with Crippen LogP contribution >= 0.6 is 31.9 Å². The maximum Gasteiger partial charge on any atom is 0.133 e. The minimum atomic E-state index is -0.335. The van der Waals surface area contributed by atoms with E-state index in [2.05, 4.69) is 41.8 Å². The highest BCUT2D eigenvalue weighted by atomic mass is 79.9. The zero-order valence-electron chi connectivity index (χ0n) is 11.4. The molecule has 0 fully saturated rings. The fourth-order valence-corrected chi connectivity index (χ4v) is 2.32. The molecule has 2 aromatic rings. The van der Waals surface area contributed by atoms with Crippen LogP contribution < -0.4 is 0 Å². The van der Waals surface area contributed by atoms with E-state index in [0.29, 0.717) is 33.2 Å². The predicted molar refractivity (Wildman–Crippen MR) is 93.1 cm³/mol. The first-order chi connectivity index (χ1) is 10.6. The maximum absolute atomic E-state index is 13.5. The summed E-state index contributed by atoms with van der Waals surface area (Å²) in [6.07, 6.45) is 2.94. The SMILES string of the molecule is Fc1cc(Br)ccc1C=NCCN=Cc1ccc(Br)cc1F. The molecule has 0 amide bonds. The van der Waals surface area contributed by atoms with Gasteiger partial charge < -0.3 is 0 Å². The van der Waals surface area contributed by atoms with Crippen LogP contribution in [-0.4, -0.2) is 25.5 Å². The standard InChI is InChI=1S/C16H12Br2F2N2/c17-13-3-1-11(15(19)7-13)9-21-5-6-22-10-12-2-4-14(18)8-16(12)20/h1-4,7-10H,5-6H2. The lowest BCUT2D eigenvalue weighted by Gasteiger charge is -1.98. The van der Waals surface area contributed by atoms with E-state index in [1.54, 1.807) is 24.3 Å². The Balaban J connectivity index is 1.86. The quantitative estimate of drug-likeness (QED) is 0.470. The molecule has 0 aromatic heterocycles. The van der Waals surface area contributed by atoms with Gasteiger partial charge in [-0.2, -0.15) is 0 Å². The molecule has 0 unspecified atom stereocenters. The van der Waals surface area contributed by atoms with Crippen molar-refractivity contribution in [3.8, 4) is 0 Å². The molecule has 114 valence electrons. The van der Waals surface area contributed by atoms with Crippen LogP contribution in [0.25, 0.3) is 0 Å². The summed E-state index contributed by atoms with van der Waals surface area (Å²) in [6.45, 7) is 0.814. The number of aliphatic imine (C=N–C) groups is 2. The summed E-state index contributed by atoms with van der Waals surface area (Å²) in [6, 6.07) is 9.55. The lowest BCUT2D eigenvalue weighted by Crippen LogP contribution is -1.93. The molecular formula is C16H12Br2F2N2. The summed E-state index contributed by atoms with van der Waals surface area (Å²) >= 11 is 6.39. The molecule has 6 heteroatoms. The highest BCUT2D eigenvalue weighted by Crippen LogP contribution is 2.14. The largest absolute Gasteiger partial charge is 0.291 e. The summed E-state index contributed by atoms with van der Waals surface area (Å²) < 4.78 is 28.4. The van der Waals surface area contributed by atoms with E-state index >= 15 is 0 Å². The minimum Gasteiger partial charge on any atom is -0.291 e. The van der Waals surface area contributed by atoms with E-state index < -0.39 is 0 Å². The molecule has 2 rings (SSSR count). The van der Waals surface area contributed by atoms with Crippen LogP contribution in [0, 0.1) is 11.6 Å². The second kappa shape index (κ2) is 8.29. The summed E-state index contributed by atoms with van der Waals surface area (Å²) in [5.41, 5.74) is 0.845. The van der Waals surface area contributed by atoms with Crippen molar-refractivity contribution in [2.75, 3.05) is 13.1 Å². The van der Waals surface area contributed by atoms with E-state index in [-0.39, 0.29) is 11.6 Å². The second-order valence-corrected chi connectivity index (χ2v) is 6.23. The Morgan fingerprint density at radius 2 is 1.18 bits per heavy atom. The smallest absolute Gasteiger partial charge is 0.133 e. The molecule has 0 bridgehead atoms. The number of hydrogen-bond acceptors (Lipinski definition) is 2. The van der Waals surface area contributed by atoms with Crippen LogP contribution in [0.4, 0.5) is 8.78 Å². The molecular weight excluding hydrogens is 418 g/mol. The Morgan fingerprint density at radius 1 is 0.773 bits per heavy atom. The zero-order chi connectivity index (χ0) is 15.9. The summed E-state index contributed by atoms with van der Waals surface area (Å²) in [5.74, 6) is -0.669. The van der Waals surface area contributed by atoms with Gasteiger partial charge in [0.2, 0.25) is 0 Å². The molecule has 0 spiro atoms. The van der Waals surface area contributed by atoms with Gasteiger partial charge in [-0.05, 0) is 36.4 Å². The van der Waals surface area contributed by atoms with E-state index in [0.717, 1.165) is 0 Å². The average Bonchev–Trinajstić information content (AvgIpc) is 2.46. The Hall–Kier alpha value is -1.40. The lowest BCUT2D eigenvalue weighted by atomic mass is 10.2. The average molecular weight is 430 g/mol. The molecule has 0 saturated heterocycles. The van der Waals surface area contributed by atoms with E-state index in [1.807, 2.05) is 0 Å². The molecule has 0 heterocycles. The van der Waals surface area contributed by atoms with Crippen molar-refractivity contribution in [3.63, 3.8) is 0 Å². The van der Waals surface area contributed by atoms with Crippen molar-refractivity contribution in [1.29, 1.82) is 0 Å². The molecule has 22 heavy (non-hydrogen) atoms.